The summed E-state index contributed by atoms with van der Waals surface area (Å²) in [6.07, 6.45) is -1.23. The lowest BCUT2D eigenvalue weighted by atomic mass is 10.0. The molecule has 0 radical (unpaired) electrons. The van der Waals surface area contributed by atoms with Gasteiger partial charge in [-0.15, -0.1) is 0 Å². The highest BCUT2D eigenvalue weighted by molar-refractivity contribution is 9.10. The van der Waals surface area contributed by atoms with Gasteiger partial charge in [-0.1, -0.05) is 22.0 Å². The molecule has 94 valence electrons. The average molecular weight is 317 g/mol. The van der Waals surface area contributed by atoms with E-state index in [4.69, 9.17) is 0 Å². The van der Waals surface area contributed by atoms with Gasteiger partial charge in [0.15, 0.2) is 11.6 Å². The molecule has 0 aliphatic carbocycles. The largest absolute Gasteiger partial charge is 0.384 e. The summed E-state index contributed by atoms with van der Waals surface area (Å²) >= 11 is 3.17. The van der Waals surface area contributed by atoms with Gasteiger partial charge < -0.3 is 5.11 Å². The summed E-state index contributed by atoms with van der Waals surface area (Å²) in [5.41, 5.74) is 0.404. The molecule has 0 aliphatic heterocycles. The van der Waals surface area contributed by atoms with Gasteiger partial charge in [0, 0.05) is 10.0 Å². The van der Waals surface area contributed by atoms with E-state index in [1.807, 2.05) is 0 Å². The van der Waals surface area contributed by atoms with Crippen LogP contribution in [-0.4, -0.2) is 5.11 Å². The van der Waals surface area contributed by atoms with Gasteiger partial charge in [-0.25, -0.2) is 13.2 Å². The molecular formula is C13H8BrF3O. The second-order valence-electron chi connectivity index (χ2n) is 3.74. The van der Waals surface area contributed by atoms with Crippen LogP contribution >= 0.6 is 15.9 Å². The molecule has 0 fully saturated rings. The smallest absolute Gasteiger partial charge is 0.159 e. The molecule has 1 atom stereocenters. The Morgan fingerprint density at radius 1 is 0.944 bits per heavy atom. The Labute approximate surface area is 110 Å². The monoisotopic (exact) mass is 316 g/mol. The quantitative estimate of drug-likeness (QED) is 0.889. The van der Waals surface area contributed by atoms with Crippen LogP contribution in [0.5, 0.6) is 0 Å². The Balaban J connectivity index is 2.44. The Morgan fingerprint density at radius 3 is 2.33 bits per heavy atom. The molecule has 0 saturated carbocycles. The summed E-state index contributed by atoms with van der Waals surface area (Å²) in [6.45, 7) is 0. The first kappa shape index (κ1) is 13.1. The van der Waals surface area contributed by atoms with E-state index >= 15 is 0 Å². The van der Waals surface area contributed by atoms with Crippen molar-refractivity contribution in [2.75, 3.05) is 0 Å². The van der Waals surface area contributed by atoms with Crippen LogP contribution < -0.4 is 0 Å². The van der Waals surface area contributed by atoms with Gasteiger partial charge in [-0.2, -0.15) is 0 Å². The maximum atomic E-state index is 13.1. The zero-order valence-electron chi connectivity index (χ0n) is 9.00. The maximum Gasteiger partial charge on any atom is 0.159 e. The average Bonchev–Trinajstić information content (AvgIpc) is 2.35. The number of aliphatic hydroxyl groups excluding tert-OH is 1. The standard InChI is InChI=1S/C13H8BrF3O/c14-10-3-2-8(15)6-9(10)13(18)7-1-4-11(16)12(17)5-7/h1-6,13,18H. The van der Waals surface area contributed by atoms with Crippen molar-refractivity contribution in [3.05, 3.63) is 69.4 Å². The van der Waals surface area contributed by atoms with E-state index in [2.05, 4.69) is 15.9 Å². The molecule has 18 heavy (non-hydrogen) atoms. The van der Waals surface area contributed by atoms with E-state index in [-0.39, 0.29) is 11.1 Å². The SMILES string of the molecule is OC(c1ccc(F)c(F)c1)c1cc(F)ccc1Br. The van der Waals surface area contributed by atoms with Gasteiger partial charge in [-0.05, 0) is 35.9 Å². The highest BCUT2D eigenvalue weighted by Gasteiger charge is 2.16. The van der Waals surface area contributed by atoms with Gasteiger partial charge in [0.05, 0.1) is 0 Å². The Bertz CT molecular complexity index is 586. The first-order chi connectivity index (χ1) is 8.49. The van der Waals surface area contributed by atoms with Crippen LogP contribution in [0.25, 0.3) is 0 Å². The molecule has 5 heteroatoms. The molecule has 0 aliphatic rings. The minimum Gasteiger partial charge on any atom is -0.384 e. The summed E-state index contributed by atoms with van der Waals surface area (Å²) in [4.78, 5) is 0. The molecule has 1 nitrogen and oxygen atoms in total. The lowest BCUT2D eigenvalue weighted by Crippen LogP contribution is -2.02. The molecule has 0 spiro atoms. The Hall–Kier alpha value is -1.33. The summed E-state index contributed by atoms with van der Waals surface area (Å²) in [6, 6.07) is 6.86. The second kappa shape index (κ2) is 5.12. The van der Waals surface area contributed by atoms with Crippen LogP contribution in [0.3, 0.4) is 0 Å². The van der Waals surface area contributed by atoms with Crippen molar-refractivity contribution in [2.45, 2.75) is 6.10 Å². The van der Waals surface area contributed by atoms with E-state index in [0.29, 0.717) is 4.47 Å². The van der Waals surface area contributed by atoms with Gasteiger partial charge in [-0.3, -0.25) is 0 Å². The molecular weight excluding hydrogens is 309 g/mol. The molecule has 2 aromatic carbocycles. The predicted molar refractivity (Wildman–Crippen MR) is 64.5 cm³/mol. The van der Waals surface area contributed by atoms with Crippen LogP contribution in [0.15, 0.2) is 40.9 Å². The number of aliphatic hydroxyl groups is 1. The molecule has 0 heterocycles. The first-order valence-electron chi connectivity index (χ1n) is 5.07. The van der Waals surface area contributed by atoms with Crippen molar-refractivity contribution in [1.82, 2.24) is 0 Å². The molecule has 1 N–H and O–H groups in total. The van der Waals surface area contributed by atoms with Crippen molar-refractivity contribution in [2.24, 2.45) is 0 Å². The minimum absolute atomic E-state index is 0.153. The number of hydrogen-bond donors (Lipinski definition) is 1. The number of benzene rings is 2. The highest BCUT2D eigenvalue weighted by Crippen LogP contribution is 2.29. The fraction of sp³-hybridized carbons (Fsp3) is 0.0769. The van der Waals surface area contributed by atoms with Crippen molar-refractivity contribution in [3.63, 3.8) is 0 Å². The van der Waals surface area contributed by atoms with Crippen molar-refractivity contribution >= 4 is 15.9 Å². The third-order valence-corrected chi connectivity index (χ3v) is 3.23. The zero-order chi connectivity index (χ0) is 13.3. The fourth-order valence-corrected chi connectivity index (χ4v) is 2.05. The van der Waals surface area contributed by atoms with Gasteiger partial charge in [0.1, 0.15) is 11.9 Å². The molecule has 1 unspecified atom stereocenters. The molecule has 2 aromatic rings. The van der Waals surface area contributed by atoms with Gasteiger partial charge >= 0.3 is 0 Å². The molecule has 0 aromatic heterocycles. The van der Waals surface area contributed by atoms with E-state index < -0.39 is 23.6 Å². The zero-order valence-corrected chi connectivity index (χ0v) is 10.6. The van der Waals surface area contributed by atoms with Crippen LogP contribution in [-0.2, 0) is 0 Å². The first-order valence-corrected chi connectivity index (χ1v) is 5.86. The third-order valence-electron chi connectivity index (χ3n) is 2.51. The molecule has 0 amide bonds. The second-order valence-corrected chi connectivity index (χ2v) is 4.60. The van der Waals surface area contributed by atoms with Crippen molar-refractivity contribution in [1.29, 1.82) is 0 Å². The van der Waals surface area contributed by atoms with Crippen LogP contribution in [0.2, 0.25) is 0 Å². The number of halogens is 4. The van der Waals surface area contributed by atoms with Crippen molar-refractivity contribution < 1.29 is 18.3 Å². The normalized spacial score (nSPS) is 12.5. The topological polar surface area (TPSA) is 20.2 Å². The summed E-state index contributed by atoms with van der Waals surface area (Å²) < 4.78 is 39.4. The summed E-state index contributed by atoms with van der Waals surface area (Å²) in [7, 11) is 0. The van der Waals surface area contributed by atoms with Crippen LogP contribution in [0.1, 0.15) is 17.2 Å². The van der Waals surface area contributed by atoms with Crippen LogP contribution in [0.4, 0.5) is 13.2 Å². The minimum atomic E-state index is -1.23. The molecule has 2 rings (SSSR count). The van der Waals surface area contributed by atoms with Crippen LogP contribution in [0, 0.1) is 17.5 Å². The maximum absolute atomic E-state index is 13.1. The third kappa shape index (κ3) is 2.57. The number of hydrogen-bond acceptors (Lipinski definition) is 1. The lowest BCUT2D eigenvalue weighted by molar-refractivity contribution is 0.218. The fourth-order valence-electron chi connectivity index (χ4n) is 1.59. The highest BCUT2D eigenvalue weighted by atomic mass is 79.9. The van der Waals surface area contributed by atoms with E-state index in [9.17, 15) is 18.3 Å². The van der Waals surface area contributed by atoms with E-state index in [0.717, 1.165) is 18.2 Å². The van der Waals surface area contributed by atoms with E-state index in [1.165, 1.54) is 18.2 Å². The molecule has 0 saturated heterocycles. The number of rotatable bonds is 2. The summed E-state index contributed by atoms with van der Waals surface area (Å²) in [5.74, 6) is -2.57. The Morgan fingerprint density at radius 2 is 1.67 bits per heavy atom. The van der Waals surface area contributed by atoms with E-state index in [1.54, 1.807) is 0 Å². The lowest BCUT2D eigenvalue weighted by Gasteiger charge is -2.13. The summed E-state index contributed by atoms with van der Waals surface area (Å²) in [5, 5.41) is 10.0. The molecule has 0 bridgehead atoms. The van der Waals surface area contributed by atoms with Gasteiger partial charge in [0.2, 0.25) is 0 Å². The predicted octanol–water partition coefficient (Wildman–Crippen LogP) is 3.95. The Kier molecular flexibility index (Phi) is 3.73. The van der Waals surface area contributed by atoms with Crippen molar-refractivity contribution in [3.8, 4) is 0 Å². The van der Waals surface area contributed by atoms with Gasteiger partial charge in [0.25, 0.3) is 0 Å².